The average Bonchev–Trinajstić information content (AvgIpc) is 2.79. The van der Waals surface area contributed by atoms with Gasteiger partial charge in [0.15, 0.2) is 5.49 Å². The summed E-state index contributed by atoms with van der Waals surface area (Å²) in [5, 5.41) is 10.0. The van der Waals surface area contributed by atoms with E-state index < -0.39 is 5.91 Å². The summed E-state index contributed by atoms with van der Waals surface area (Å²) < 4.78 is 8.27. The van der Waals surface area contributed by atoms with Crippen LogP contribution in [0.25, 0.3) is 16.7 Å². The molecule has 8 nitrogen and oxygen atoms in total. The zero-order valence-electron chi connectivity index (χ0n) is 17.1. The van der Waals surface area contributed by atoms with Crippen molar-refractivity contribution in [1.29, 1.82) is 5.26 Å². The number of benzene rings is 1. The molecule has 4 aromatic rings. The summed E-state index contributed by atoms with van der Waals surface area (Å²) in [4.78, 5) is 34.9. The van der Waals surface area contributed by atoms with Crippen molar-refractivity contribution >= 4 is 22.6 Å². The lowest BCUT2D eigenvalue weighted by Gasteiger charge is -2.13. The first-order chi connectivity index (χ1) is 15.0. The van der Waals surface area contributed by atoms with Crippen LogP contribution in [0.15, 0.2) is 64.5 Å². The molecule has 0 atom stereocenters. The summed E-state index contributed by atoms with van der Waals surface area (Å²) in [6, 6.07) is 15.7. The van der Waals surface area contributed by atoms with Crippen molar-refractivity contribution in [3.05, 3.63) is 87.3 Å². The molecule has 4 rings (SSSR count). The maximum atomic E-state index is 13.2. The van der Waals surface area contributed by atoms with Gasteiger partial charge in [-0.05, 0) is 36.8 Å². The molecule has 0 radical (unpaired) electrons. The third kappa shape index (κ3) is 3.63. The van der Waals surface area contributed by atoms with Gasteiger partial charge in [0, 0.05) is 25.4 Å². The Hall–Kier alpha value is -4.09. The van der Waals surface area contributed by atoms with Gasteiger partial charge in [-0.25, -0.2) is 4.98 Å². The van der Waals surface area contributed by atoms with Crippen molar-refractivity contribution in [2.45, 2.75) is 13.5 Å². The first kappa shape index (κ1) is 20.2. The van der Waals surface area contributed by atoms with Gasteiger partial charge >= 0.3 is 0 Å². The van der Waals surface area contributed by atoms with Crippen LogP contribution in [-0.2, 0) is 11.3 Å². The summed E-state index contributed by atoms with van der Waals surface area (Å²) in [6.07, 6.45) is 1.64. The number of nitriles is 1. The molecule has 31 heavy (non-hydrogen) atoms. The first-order valence-corrected chi connectivity index (χ1v) is 9.64. The number of pyridine rings is 2. The Kier molecular flexibility index (Phi) is 5.43. The highest BCUT2D eigenvalue weighted by molar-refractivity contribution is 5.95. The minimum absolute atomic E-state index is 0.111. The SMILES string of the molecule is COCCn1c(=NC(=O)c2ccccc2)c(C#N)cc2c(=O)n3cccc(C)c3nc21. The Morgan fingerprint density at radius 3 is 2.68 bits per heavy atom. The molecule has 3 aromatic heterocycles. The van der Waals surface area contributed by atoms with Gasteiger partial charge in [0.1, 0.15) is 17.4 Å². The summed E-state index contributed by atoms with van der Waals surface area (Å²) >= 11 is 0. The zero-order chi connectivity index (χ0) is 22.0. The molecule has 3 heterocycles. The van der Waals surface area contributed by atoms with E-state index >= 15 is 0 Å². The van der Waals surface area contributed by atoms with E-state index in [1.54, 1.807) is 54.3 Å². The number of hydrogen-bond acceptors (Lipinski definition) is 5. The molecule has 0 aliphatic rings. The second kappa shape index (κ2) is 8.34. The molecule has 1 amide bonds. The van der Waals surface area contributed by atoms with Crippen LogP contribution in [0.4, 0.5) is 0 Å². The van der Waals surface area contributed by atoms with E-state index in [9.17, 15) is 14.9 Å². The van der Waals surface area contributed by atoms with Gasteiger partial charge in [-0.1, -0.05) is 24.3 Å². The Morgan fingerprint density at radius 2 is 1.97 bits per heavy atom. The van der Waals surface area contributed by atoms with Gasteiger partial charge in [0.05, 0.1) is 17.6 Å². The third-order valence-corrected chi connectivity index (χ3v) is 4.97. The topological polar surface area (TPSA) is 102 Å². The van der Waals surface area contributed by atoms with Crippen LogP contribution >= 0.6 is 0 Å². The maximum Gasteiger partial charge on any atom is 0.278 e. The molecule has 0 saturated heterocycles. The lowest BCUT2D eigenvalue weighted by atomic mass is 10.2. The van der Waals surface area contributed by atoms with Gasteiger partial charge < -0.3 is 9.30 Å². The molecular formula is C23H19N5O3. The van der Waals surface area contributed by atoms with Gasteiger partial charge in [0.2, 0.25) is 0 Å². The Labute approximate surface area is 177 Å². The average molecular weight is 413 g/mol. The fourth-order valence-electron chi connectivity index (χ4n) is 3.43. The molecule has 0 bridgehead atoms. The summed E-state index contributed by atoms with van der Waals surface area (Å²) in [5.74, 6) is -0.490. The van der Waals surface area contributed by atoms with Gasteiger partial charge in [0.25, 0.3) is 11.5 Å². The minimum Gasteiger partial charge on any atom is -0.383 e. The van der Waals surface area contributed by atoms with Crippen molar-refractivity contribution < 1.29 is 9.53 Å². The van der Waals surface area contributed by atoms with E-state index in [-0.39, 0.29) is 35.1 Å². The van der Waals surface area contributed by atoms with E-state index in [2.05, 4.69) is 11.1 Å². The van der Waals surface area contributed by atoms with E-state index in [0.29, 0.717) is 16.9 Å². The van der Waals surface area contributed by atoms with Crippen molar-refractivity contribution in [2.24, 2.45) is 4.99 Å². The Balaban J connectivity index is 2.12. The van der Waals surface area contributed by atoms with Crippen LogP contribution in [0.5, 0.6) is 0 Å². The van der Waals surface area contributed by atoms with Gasteiger partial charge in [-0.3, -0.25) is 14.0 Å². The van der Waals surface area contributed by atoms with Crippen LogP contribution in [-0.4, -0.2) is 33.6 Å². The Morgan fingerprint density at radius 1 is 1.19 bits per heavy atom. The van der Waals surface area contributed by atoms with Crippen LogP contribution in [0.3, 0.4) is 0 Å². The van der Waals surface area contributed by atoms with E-state index in [0.717, 1.165) is 5.56 Å². The molecule has 154 valence electrons. The number of carbonyl (C=O) groups excluding carboxylic acids is 1. The van der Waals surface area contributed by atoms with Crippen LogP contribution in [0.1, 0.15) is 21.5 Å². The minimum atomic E-state index is -0.490. The fraction of sp³-hybridized carbons (Fsp3) is 0.174. The molecular weight excluding hydrogens is 394 g/mol. The number of aromatic nitrogens is 3. The predicted molar refractivity (Wildman–Crippen MR) is 115 cm³/mol. The van der Waals surface area contributed by atoms with Crippen LogP contribution in [0.2, 0.25) is 0 Å². The normalized spacial score (nSPS) is 11.7. The number of methoxy groups -OCH3 is 1. The van der Waals surface area contributed by atoms with Crippen molar-refractivity contribution in [3.8, 4) is 6.07 Å². The second-order valence-electron chi connectivity index (χ2n) is 6.96. The molecule has 0 unspecified atom stereocenters. The molecule has 0 N–H and O–H groups in total. The second-order valence-corrected chi connectivity index (χ2v) is 6.96. The quantitative estimate of drug-likeness (QED) is 0.478. The highest BCUT2D eigenvalue weighted by Gasteiger charge is 2.16. The number of rotatable bonds is 4. The lowest BCUT2D eigenvalue weighted by molar-refractivity contribution is 0.0996. The Bertz CT molecular complexity index is 1480. The number of ether oxygens (including phenoxy) is 1. The zero-order valence-corrected chi connectivity index (χ0v) is 17.1. The highest BCUT2D eigenvalue weighted by Crippen LogP contribution is 2.13. The maximum absolute atomic E-state index is 13.2. The molecule has 0 saturated carbocycles. The van der Waals surface area contributed by atoms with E-state index in [1.807, 2.05) is 13.0 Å². The molecule has 1 aromatic carbocycles. The van der Waals surface area contributed by atoms with Gasteiger partial charge in [-0.15, -0.1) is 0 Å². The third-order valence-electron chi connectivity index (χ3n) is 4.97. The molecule has 0 spiro atoms. The number of amides is 1. The smallest absolute Gasteiger partial charge is 0.278 e. The number of aryl methyl sites for hydroxylation is 1. The number of nitrogens with zero attached hydrogens (tertiary/aromatic N) is 5. The summed E-state index contributed by atoms with van der Waals surface area (Å²) in [6.45, 7) is 2.41. The van der Waals surface area contributed by atoms with E-state index in [1.165, 1.54) is 10.5 Å². The van der Waals surface area contributed by atoms with E-state index in [4.69, 9.17) is 9.72 Å². The molecule has 8 heteroatoms. The molecule has 0 aliphatic carbocycles. The number of carbonyl (C=O) groups is 1. The van der Waals surface area contributed by atoms with Crippen molar-refractivity contribution in [1.82, 2.24) is 14.0 Å². The summed E-state index contributed by atoms with van der Waals surface area (Å²) in [7, 11) is 1.55. The standard InChI is InChI=1S/C23H19N5O3/c1-15-7-6-10-28-19(15)25-21-18(23(28)30)13-17(14-24)20(27(21)11-12-31-2)26-22(29)16-8-4-3-5-9-16/h3-10,13H,11-12H2,1-2H3. The summed E-state index contributed by atoms with van der Waals surface area (Å²) in [5.41, 5.74) is 2.01. The molecule has 0 aliphatic heterocycles. The van der Waals surface area contributed by atoms with Crippen molar-refractivity contribution in [2.75, 3.05) is 13.7 Å². The van der Waals surface area contributed by atoms with Crippen LogP contribution in [0, 0.1) is 18.3 Å². The predicted octanol–water partition coefficient (Wildman–Crippen LogP) is 2.22. The van der Waals surface area contributed by atoms with Gasteiger partial charge in [-0.2, -0.15) is 10.3 Å². The number of hydrogen-bond donors (Lipinski definition) is 0. The largest absolute Gasteiger partial charge is 0.383 e. The number of fused-ring (bicyclic) bond motifs is 2. The highest BCUT2D eigenvalue weighted by atomic mass is 16.5. The van der Waals surface area contributed by atoms with Crippen molar-refractivity contribution in [3.63, 3.8) is 0 Å². The fourth-order valence-corrected chi connectivity index (χ4v) is 3.43. The lowest BCUT2D eigenvalue weighted by Crippen LogP contribution is -2.30. The van der Waals surface area contributed by atoms with Crippen LogP contribution < -0.4 is 11.0 Å². The molecule has 0 fully saturated rings. The monoisotopic (exact) mass is 413 g/mol. The first-order valence-electron chi connectivity index (χ1n) is 9.64.